The van der Waals surface area contributed by atoms with Crippen LogP contribution in [0.3, 0.4) is 0 Å². The molecule has 6 rings (SSSR count). The zero-order chi connectivity index (χ0) is 20.8. The maximum atomic E-state index is 11.7. The highest BCUT2D eigenvalue weighted by atomic mass is 16.7. The Kier molecular flexibility index (Phi) is 4.40. The predicted molar refractivity (Wildman–Crippen MR) is 112 cm³/mol. The lowest BCUT2D eigenvalue weighted by Crippen LogP contribution is -2.59. The quantitative estimate of drug-likeness (QED) is 0.651. The Morgan fingerprint density at radius 2 is 1.63 bits per heavy atom. The van der Waals surface area contributed by atoms with Crippen LogP contribution in [-0.2, 0) is 18.9 Å². The summed E-state index contributed by atoms with van der Waals surface area (Å²) in [5, 5.41) is 11.7. The molecule has 7 atom stereocenters. The summed E-state index contributed by atoms with van der Waals surface area (Å²) in [5.74, 6) is 1.00. The first kappa shape index (κ1) is 20.2. The first-order valence-electron chi connectivity index (χ1n) is 12.2. The van der Waals surface area contributed by atoms with E-state index in [1.807, 2.05) is 0 Å². The van der Waals surface area contributed by atoms with Crippen molar-refractivity contribution in [2.75, 3.05) is 26.4 Å². The largest absolute Gasteiger partial charge is 0.393 e. The minimum absolute atomic E-state index is 0.0621. The van der Waals surface area contributed by atoms with Gasteiger partial charge >= 0.3 is 0 Å². The monoisotopic (exact) mass is 418 g/mol. The molecule has 6 aliphatic rings. The van der Waals surface area contributed by atoms with E-state index in [0.717, 1.165) is 38.5 Å². The van der Waals surface area contributed by atoms with E-state index in [1.54, 1.807) is 0 Å². The lowest BCUT2D eigenvalue weighted by Gasteiger charge is -2.61. The number of aliphatic hydroxyl groups is 1. The topological polar surface area (TPSA) is 57.2 Å². The first-order valence-corrected chi connectivity index (χ1v) is 12.2. The van der Waals surface area contributed by atoms with E-state index in [1.165, 1.54) is 12.0 Å². The lowest BCUT2D eigenvalue weighted by atomic mass is 9.46. The van der Waals surface area contributed by atoms with E-state index in [9.17, 15) is 5.11 Å². The second-order valence-corrected chi connectivity index (χ2v) is 11.6. The van der Waals surface area contributed by atoms with Crippen LogP contribution in [0.5, 0.6) is 0 Å². The number of fused-ring (bicyclic) bond motifs is 5. The van der Waals surface area contributed by atoms with Crippen molar-refractivity contribution < 1.29 is 24.1 Å². The Balaban J connectivity index is 1.32. The lowest BCUT2D eigenvalue weighted by molar-refractivity contribution is -0.227. The minimum atomic E-state index is -0.482. The predicted octanol–water partition coefficient (Wildman–Crippen LogP) is 4.04. The third-order valence-corrected chi connectivity index (χ3v) is 10.3. The van der Waals surface area contributed by atoms with Gasteiger partial charge < -0.3 is 24.1 Å². The maximum absolute atomic E-state index is 11.7. The summed E-state index contributed by atoms with van der Waals surface area (Å²) < 4.78 is 24.4. The minimum Gasteiger partial charge on any atom is -0.393 e. The van der Waals surface area contributed by atoms with Gasteiger partial charge in [-0.3, -0.25) is 0 Å². The summed E-state index contributed by atoms with van der Waals surface area (Å²) in [4.78, 5) is 0. The van der Waals surface area contributed by atoms with Crippen LogP contribution in [0.1, 0.15) is 65.7 Å². The zero-order valence-corrected chi connectivity index (χ0v) is 18.8. The van der Waals surface area contributed by atoms with Crippen LogP contribution in [0.25, 0.3) is 0 Å². The molecule has 0 aromatic heterocycles. The number of hydrogen-bond acceptors (Lipinski definition) is 5. The van der Waals surface area contributed by atoms with E-state index in [4.69, 9.17) is 18.9 Å². The van der Waals surface area contributed by atoms with Gasteiger partial charge in [0.05, 0.1) is 32.5 Å². The Morgan fingerprint density at radius 3 is 2.37 bits per heavy atom. The molecule has 5 nitrogen and oxygen atoms in total. The van der Waals surface area contributed by atoms with Gasteiger partial charge in [-0.25, -0.2) is 0 Å². The summed E-state index contributed by atoms with van der Waals surface area (Å²) in [6, 6.07) is 0. The summed E-state index contributed by atoms with van der Waals surface area (Å²) in [5.41, 5.74) is 1.62. The molecule has 30 heavy (non-hydrogen) atoms. The number of ether oxygens (including phenoxy) is 4. The fraction of sp³-hybridized carbons (Fsp3) is 0.920. The summed E-state index contributed by atoms with van der Waals surface area (Å²) >= 11 is 0. The van der Waals surface area contributed by atoms with Crippen molar-refractivity contribution >= 4 is 0 Å². The molecule has 1 N–H and O–H groups in total. The molecule has 3 unspecified atom stereocenters. The van der Waals surface area contributed by atoms with E-state index in [-0.39, 0.29) is 16.9 Å². The molecule has 0 amide bonds. The number of hydrogen-bond donors (Lipinski definition) is 1. The normalized spacial score (nSPS) is 51.3. The Labute approximate surface area is 180 Å². The Hall–Kier alpha value is -0.460. The summed E-state index contributed by atoms with van der Waals surface area (Å²) in [7, 11) is 0. The number of allylic oxidation sites excluding steroid dienone is 1. The van der Waals surface area contributed by atoms with Crippen molar-refractivity contribution in [1.82, 2.24) is 0 Å². The molecule has 168 valence electrons. The number of aliphatic hydroxyl groups excluding tert-OH is 1. The smallest absolute Gasteiger partial charge is 0.172 e. The molecule has 1 spiro atoms. The van der Waals surface area contributed by atoms with Crippen LogP contribution in [0.15, 0.2) is 11.6 Å². The SMILES string of the molecule is CC1([C@H]2CCC3C4CC=C5CC6(CC[C@]5(C)C4[C@@H](O)C[C@@]32C)OCCO6)OCCO1. The third-order valence-electron chi connectivity index (χ3n) is 10.3. The highest BCUT2D eigenvalue weighted by molar-refractivity contribution is 5.28. The molecule has 2 saturated heterocycles. The van der Waals surface area contributed by atoms with Crippen LogP contribution in [-0.4, -0.2) is 49.2 Å². The molecule has 4 aliphatic carbocycles. The van der Waals surface area contributed by atoms with Crippen LogP contribution in [0.2, 0.25) is 0 Å². The molecule has 0 aromatic carbocycles. The van der Waals surface area contributed by atoms with Gasteiger partial charge in [-0.15, -0.1) is 0 Å². The first-order chi connectivity index (χ1) is 14.3. The van der Waals surface area contributed by atoms with Gasteiger partial charge in [-0.05, 0) is 67.6 Å². The van der Waals surface area contributed by atoms with Crippen LogP contribution in [0.4, 0.5) is 0 Å². The average molecular weight is 419 g/mol. The average Bonchev–Trinajstić information content (AvgIpc) is 3.41. The van der Waals surface area contributed by atoms with Gasteiger partial charge in [0.1, 0.15) is 0 Å². The van der Waals surface area contributed by atoms with Gasteiger partial charge in [0.25, 0.3) is 0 Å². The van der Waals surface area contributed by atoms with Gasteiger partial charge in [0, 0.05) is 18.8 Å². The van der Waals surface area contributed by atoms with Crippen molar-refractivity contribution in [3.05, 3.63) is 11.6 Å². The molecule has 2 aliphatic heterocycles. The highest BCUT2D eigenvalue weighted by Crippen LogP contribution is 2.68. The van der Waals surface area contributed by atoms with Crippen LogP contribution in [0, 0.1) is 34.5 Å². The fourth-order valence-corrected chi connectivity index (χ4v) is 9.07. The molecule has 3 saturated carbocycles. The second kappa shape index (κ2) is 6.54. The van der Waals surface area contributed by atoms with E-state index >= 15 is 0 Å². The third kappa shape index (κ3) is 2.59. The molecule has 0 bridgehead atoms. The van der Waals surface area contributed by atoms with E-state index in [2.05, 4.69) is 26.8 Å². The molecular weight excluding hydrogens is 380 g/mol. The molecular formula is C25H38O5. The molecule has 5 heteroatoms. The molecule has 0 aromatic rings. The Bertz CT molecular complexity index is 736. The van der Waals surface area contributed by atoms with Crippen molar-refractivity contribution in [3.8, 4) is 0 Å². The van der Waals surface area contributed by atoms with Crippen molar-refractivity contribution in [2.45, 2.75) is 83.4 Å². The second-order valence-electron chi connectivity index (χ2n) is 11.6. The van der Waals surface area contributed by atoms with Gasteiger partial charge in [-0.1, -0.05) is 25.5 Å². The molecule has 0 radical (unpaired) electrons. The highest BCUT2D eigenvalue weighted by Gasteiger charge is 2.65. The van der Waals surface area contributed by atoms with Gasteiger partial charge in [-0.2, -0.15) is 0 Å². The maximum Gasteiger partial charge on any atom is 0.172 e. The van der Waals surface area contributed by atoms with E-state index in [0.29, 0.717) is 50.1 Å². The fourth-order valence-electron chi connectivity index (χ4n) is 9.07. The zero-order valence-electron chi connectivity index (χ0n) is 18.8. The van der Waals surface area contributed by atoms with Crippen LogP contribution >= 0.6 is 0 Å². The van der Waals surface area contributed by atoms with Crippen LogP contribution < -0.4 is 0 Å². The standard InChI is InChI=1S/C25H38O5/c1-22-8-9-25(29-12-13-30-25)14-16(22)4-5-17-18-6-7-20(24(3)27-10-11-28-24)23(18,2)15-19(26)21(17)22/h4,17-21,26H,5-15H2,1-3H3/t17?,18?,19-,20-,21?,22-,23-/m0/s1. The molecule has 5 fully saturated rings. The summed E-state index contributed by atoms with van der Waals surface area (Å²) in [6.45, 7) is 9.78. The van der Waals surface area contributed by atoms with Crippen molar-refractivity contribution in [1.29, 1.82) is 0 Å². The van der Waals surface area contributed by atoms with Crippen molar-refractivity contribution in [3.63, 3.8) is 0 Å². The molecule has 2 heterocycles. The number of rotatable bonds is 1. The Morgan fingerprint density at radius 1 is 0.933 bits per heavy atom. The van der Waals surface area contributed by atoms with E-state index < -0.39 is 11.6 Å². The van der Waals surface area contributed by atoms with Gasteiger partial charge in [0.2, 0.25) is 0 Å². The summed E-state index contributed by atoms with van der Waals surface area (Å²) in [6.07, 6.45) is 9.43. The van der Waals surface area contributed by atoms with Crippen molar-refractivity contribution in [2.24, 2.45) is 34.5 Å². The van der Waals surface area contributed by atoms with Gasteiger partial charge in [0.15, 0.2) is 11.6 Å².